The summed E-state index contributed by atoms with van der Waals surface area (Å²) in [6.07, 6.45) is 3.43. The molecule has 4 nitrogen and oxygen atoms in total. The topological polar surface area (TPSA) is 58.2 Å². The van der Waals surface area contributed by atoms with Crippen molar-refractivity contribution in [3.63, 3.8) is 0 Å². The summed E-state index contributed by atoms with van der Waals surface area (Å²) in [5.74, 6) is 0.491. The minimum atomic E-state index is -3.46. The number of benzene rings is 1. The zero-order chi connectivity index (χ0) is 15.5. The van der Waals surface area contributed by atoms with Crippen LogP contribution in [0.2, 0.25) is 5.02 Å². The largest absolute Gasteiger partial charge is 0.310 e. The van der Waals surface area contributed by atoms with Crippen LogP contribution in [0.25, 0.3) is 0 Å². The normalized spacial score (nSPS) is 16.2. The zero-order valence-corrected chi connectivity index (χ0v) is 14.1. The Labute approximate surface area is 132 Å². The van der Waals surface area contributed by atoms with Crippen LogP contribution >= 0.6 is 11.6 Å². The number of sulfonamides is 1. The average molecular weight is 331 g/mol. The minimum absolute atomic E-state index is 0.236. The van der Waals surface area contributed by atoms with Crippen LogP contribution in [0.15, 0.2) is 23.1 Å². The van der Waals surface area contributed by atoms with Gasteiger partial charge in [-0.25, -0.2) is 13.1 Å². The molecule has 1 saturated carbocycles. The molecule has 118 valence electrons. The van der Waals surface area contributed by atoms with E-state index in [0.29, 0.717) is 30.1 Å². The number of hydrogen-bond donors (Lipinski definition) is 2. The van der Waals surface area contributed by atoms with E-state index in [2.05, 4.69) is 23.9 Å². The predicted octanol–water partition coefficient (Wildman–Crippen LogP) is 2.92. The Kier molecular flexibility index (Phi) is 5.66. The van der Waals surface area contributed by atoms with Gasteiger partial charge in [-0.3, -0.25) is 0 Å². The van der Waals surface area contributed by atoms with Gasteiger partial charge in [-0.05, 0) is 36.5 Å². The molecular weight excluding hydrogens is 308 g/mol. The second kappa shape index (κ2) is 7.09. The van der Waals surface area contributed by atoms with E-state index in [0.717, 1.165) is 18.4 Å². The van der Waals surface area contributed by atoms with Gasteiger partial charge in [-0.15, -0.1) is 0 Å². The Morgan fingerprint density at radius 3 is 2.57 bits per heavy atom. The van der Waals surface area contributed by atoms with Gasteiger partial charge in [0.1, 0.15) is 0 Å². The van der Waals surface area contributed by atoms with Crippen LogP contribution in [0, 0.1) is 5.92 Å². The first-order valence-electron chi connectivity index (χ1n) is 7.40. The van der Waals surface area contributed by atoms with Crippen molar-refractivity contribution in [3.8, 4) is 0 Å². The van der Waals surface area contributed by atoms with E-state index in [-0.39, 0.29) is 4.90 Å². The number of halogens is 1. The monoisotopic (exact) mass is 330 g/mol. The summed E-state index contributed by atoms with van der Waals surface area (Å²) in [7, 11) is -3.46. The van der Waals surface area contributed by atoms with Gasteiger partial charge in [0.15, 0.2) is 0 Å². The summed E-state index contributed by atoms with van der Waals surface area (Å²) >= 11 is 6.19. The highest BCUT2D eigenvalue weighted by atomic mass is 35.5. The molecule has 0 saturated heterocycles. The second-order valence-corrected chi connectivity index (χ2v) is 8.11. The lowest BCUT2D eigenvalue weighted by Crippen LogP contribution is -2.32. The summed E-state index contributed by atoms with van der Waals surface area (Å²) in [5, 5.41) is 3.75. The highest BCUT2D eigenvalue weighted by Crippen LogP contribution is 2.26. The van der Waals surface area contributed by atoms with E-state index in [4.69, 9.17) is 11.6 Å². The molecule has 0 heterocycles. The molecule has 0 aromatic heterocycles. The molecule has 0 aliphatic heterocycles. The molecule has 2 N–H and O–H groups in total. The van der Waals surface area contributed by atoms with Crippen LogP contribution in [-0.2, 0) is 16.6 Å². The average Bonchev–Trinajstić information content (AvgIpc) is 2.35. The van der Waals surface area contributed by atoms with E-state index >= 15 is 0 Å². The maximum atomic E-state index is 12.2. The van der Waals surface area contributed by atoms with E-state index in [1.54, 1.807) is 12.1 Å². The van der Waals surface area contributed by atoms with Crippen molar-refractivity contribution in [2.75, 3.05) is 6.54 Å². The molecular formula is C15H23ClN2O2S. The molecule has 0 radical (unpaired) electrons. The molecule has 21 heavy (non-hydrogen) atoms. The third-order valence-electron chi connectivity index (χ3n) is 3.82. The van der Waals surface area contributed by atoms with Gasteiger partial charge in [-0.2, -0.15) is 0 Å². The fourth-order valence-corrected chi connectivity index (χ4v) is 3.61. The van der Waals surface area contributed by atoms with Crippen LogP contribution in [0.1, 0.15) is 38.7 Å². The summed E-state index contributed by atoms with van der Waals surface area (Å²) in [5.41, 5.74) is 0.906. The van der Waals surface area contributed by atoms with E-state index < -0.39 is 10.0 Å². The van der Waals surface area contributed by atoms with Crippen molar-refractivity contribution >= 4 is 21.6 Å². The fraction of sp³-hybridized carbons (Fsp3) is 0.600. The van der Waals surface area contributed by atoms with Crippen molar-refractivity contribution in [3.05, 3.63) is 28.8 Å². The Bertz CT molecular complexity index is 583. The van der Waals surface area contributed by atoms with Crippen molar-refractivity contribution < 1.29 is 8.42 Å². The third kappa shape index (κ3) is 4.68. The van der Waals surface area contributed by atoms with Gasteiger partial charge in [0, 0.05) is 24.2 Å². The molecule has 0 amide bonds. The van der Waals surface area contributed by atoms with Crippen LogP contribution in [-0.4, -0.2) is 21.0 Å². The minimum Gasteiger partial charge on any atom is -0.310 e. The summed E-state index contributed by atoms with van der Waals surface area (Å²) < 4.78 is 27.1. The van der Waals surface area contributed by atoms with Crippen LogP contribution in [0.3, 0.4) is 0 Å². The quantitative estimate of drug-likeness (QED) is 0.808. The third-order valence-corrected chi connectivity index (χ3v) is 5.60. The summed E-state index contributed by atoms with van der Waals surface area (Å²) in [6.45, 7) is 5.26. The zero-order valence-electron chi connectivity index (χ0n) is 12.5. The SMILES string of the molecule is CC(C)NCc1ccc(S(=O)(=O)NCC2CCC2)cc1Cl. The molecule has 0 unspecified atom stereocenters. The molecule has 2 rings (SSSR count). The lowest BCUT2D eigenvalue weighted by molar-refractivity contribution is 0.316. The van der Waals surface area contributed by atoms with Crippen LogP contribution in [0.5, 0.6) is 0 Å². The number of nitrogens with one attached hydrogen (secondary N) is 2. The van der Waals surface area contributed by atoms with Crippen molar-refractivity contribution in [2.45, 2.75) is 50.6 Å². The fourth-order valence-electron chi connectivity index (χ4n) is 2.16. The van der Waals surface area contributed by atoms with E-state index in [9.17, 15) is 8.42 Å². The Morgan fingerprint density at radius 1 is 1.33 bits per heavy atom. The Morgan fingerprint density at radius 2 is 2.05 bits per heavy atom. The molecule has 0 bridgehead atoms. The van der Waals surface area contributed by atoms with Gasteiger partial charge < -0.3 is 5.32 Å². The Balaban J connectivity index is 2.03. The van der Waals surface area contributed by atoms with Crippen LogP contribution in [0.4, 0.5) is 0 Å². The van der Waals surface area contributed by atoms with Crippen LogP contribution < -0.4 is 10.0 Å². The maximum absolute atomic E-state index is 12.2. The van der Waals surface area contributed by atoms with Gasteiger partial charge in [0.2, 0.25) is 10.0 Å². The molecule has 1 aromatic rings. The molecule has 1 fully saturated rings. The maximum Gasteiger partial charge on any atom is 0.240 e. The highest BCUT2D eigenvalue weighted by molar-refractivity contribution is 7.89. The standard InChI is InChI=1S/C15H23ClN2O2S/c1-11(2)17-10-13-6-7-14(8-15(13)16)21(19,20)18-9-12-4-3-5-12/h6-8,11-12,17-18H,3-5,9-10H2,1-2H3. The lowest BCUT2D eigenvalue weighted by atomic mass is 9.86. The number of hydrogen-bond acceptors (Lipinski definition) is 3. The second-order valence-electron chi connectivity index (χ2n) is 5.94. The van der Waals surface area contributed by atoms with E-state index in [1.165, 1.54) is 12.5 Å². The first-order chi connectivity index (χ1) is 9.88. The lowest BCUT2D eigenvalue weighted by Gasteiger charge is -2.25. The molecule has 1 aliphatic carbocycles. The first kappa shape index (κ1) is 16.7. The highest BCUT2D eigenvalue weighted by Gasteiger charge is 2.21. The molecule has 1 aromatic carbocycles. The summed E-state index contributed by atoms with van der Waals surface area (Å²) in [6, 6.07) is 5.28. The number of rotatable bonds is 7. The molecule has 1 aliphatic rings. The van der Waals surface area contributed by atoms with Gasteiger partial charge in [0.05, 0.1) is 4.90 Å². The smallest absolute Gasteiger partial charge is 0.240 e. The van der Waals surface area contributed by atoms with Crippen molar-refractivity contribution in [1.82, 2.24) is 10.0 Å². The predicted molar refractivity (Wildman–Crippen MR) is 86.0 cm³/mol. The first-order valence-corrected chi connectivity index (χ1v) is 9.26. The Hall–Kier alpha value is -0.620. The molecule has 0 spiro atoms. The van der Waals surface area contributed by atoms with E-state index in [1.807, 2.05) is 0 Å². The molecule has 6 heteroatoms. The van der Waals surface area contributed by atoms with Gasteiger partial charge in [-0.1, -0.05) is 37.9 Å². The van der Waals surface area contributed by atoms with Crippen molar-refractivity contribution in [1.29, 1.82) is 0 Å². The molecule has 0 atom stereocenters. The summed E-state index contributed by atoms with van der Waals surface area (Å²) in [4.78, 5) is 0.236. The van der Waals surface area contributed by atoms with Gasteiger partial charge >= 0.3 is 0 Å². The van der Waals surface area contributed by atoms with Gasteiger partial charge in [0.25, 0.3) is 0 Å². The van der Waals surface area contributed by atoms with Crippen molar-refractivity contribution in [2.24, 2.45) is 5.92 Å².